The van der Waals surface area contributed by atoms with Crippen molar-refractivity contribution in [2.24, 2.45) is 5.92 Å². The minimum absolute atomic E-state index is 0. The minimum atomic E-state index is -0.0655. The summed E-state index contributed by atoms with van der Waals surface area (Å²) in [5.41, 5.74) is 1.08. The van der Waals surface area contributed by atoms with E-state index in [1.807, 2.05) is 23.1 Å². The number of nitrogens with zero attached hydrogens (tertiary/aromatic N) is 2. The van der Waals surface area contributed by atoms with Crippen LogP contribution in [0.4, 0.5) is 0 Å². The molecule has 1 aliphatic heterocycles. The average molecular weight is 543 g/mol. The zero-order chi connectivity index (χ0) is 23.9. The molecule has 0 unspecified atom stereocenters. The molecule has 0 radical (unpaired) electrons. The molecule has 1 amide bonds. The van der Waals surface area contributed by atoms with E-state index in [1.54, 1.807) is 13.2 Å². The first-order chi connectivity index (χ1) is 16.6. The molecule has 2 fully saturated rings. The number of carbonyl (C=O) groups excluding carboxylic acids is 1. The lowest BCUT2D eigenvalue weighted by Gasteiger charge is -2.32. The summed E-state index contributed by atoms with van der Waals surface area (Å²) < 4.78 is 17.5. The molecule has 4 rings (SSSR count). The number of rotatable bonds is 10. The largest absolute Gasteiger partial charge is 0.491 e. The van der Waals surface area contributed by atoms with Crippen molar-refractivity contribution in [1.29, 1.82) is 0 Å². The second kappa shape index (κ2) is 14.8. The van der Waals surface area contributed by atoms with Gasteiger partial charge in [-0.15, -0.1) is 24.8 Å². The van der Waals surface area contributed by atoms with E-state index in [2.05, 4.69) is 19.2 Å². The van der Waals surface area contributed by atoms with Crippen molar-refractivity contribution in [2.45, 2.75) is 64.5 Å². The Morgan fingerprint density at radius 3 is 2.53 bits per heavy atom. The van der Waals surface area contributed by atoms with Crippen LogP contribution in [0.5, 0.6) is 11.5 Å². The van der Waals surface area contributed by atoms with Crippen LogP contribution in [0.25, 0.3) is 10.9 Å². The van der Waals surface area contributed by atoms with Crippen molar-refractivity contribution < 1.29 is 19.0 Å². The van der Waals surface area contributed by atoms with Gasteiger partial charge < -0.3 is 24.4 Å². The zero-order valence-electron chi connectivity index (χ0n) is 21.7. The Morgan fingerprint density at radius 2 is 1.86 bits per heavy atom. The molecular formula is C27H41Cl2N3O4. The van der Waals surface area contributed by atoms with Crippen LogP contribution in [-0.2, 0) is 4.74 Å². The van der Waals surface area contributed by atoms with Gasteiger partial charge in [0.25, 0.3) is 5.91 Å². The molecule has 0 spiro atoms. The third-order valence-electron chi connectivity index (χ3n) is 6.95. The molecule has 2 aliphatic rings. The molecule has 36 heavy (non-hydrogen) atoms. The van der Waals surface area contributed by atoms with Gasteiger partial charge in [-0.25, -0.2) is 4.98 Å². The Bertz CT molecular complexity index is 963. The lowest BCUT2D eigenvalue weighted by Crippen LogP contribution is -2.46. The average Bonchev–Trinajstić information content (AvgIpc) is 3.37. The first-order valence-corrected chi connectivity index (χ1v) is 12.8. The predicted octanol–water partition coefficient (Wildman–Crippen LogP) is 5.28. The highest BCUT2D eigenvalue weighted by molar-refractivity contribution is 5.98. The highest BCUT2D eigenvalue weighted by Crippen LogP contribution is 2.34. The van der Waals surface area contributed by atoms with Gasteiger partial charge in [0.2, 0.25) is 0 Å². The topological polar surface area (TPSA) is 72.9 Å². The predicted molar refractivity (Wildman–Crippen MR) is 148 cm³/mol. The summed E-state index contributed by atoms with van der Waals surface area (Å²) in [4.78, 5) is 20.5. The summed E-state index contributed by atoms with van der Waals surface area (Å²) in [5.74, 6) is 1.87. The van der Waals surface area contributed by atoms with E-state index in [0.29, 0.717) is 48.4 Å². The standard InChI is InChI=1S/C27H39N3O4.2ClH/c1-19(2)30(21-12-13-28-17-21)27(31)23-16-25(33-15-14-32-3)22-10-7-11-24(26(22)29-23)34-18-20-8-5-4-6-9-20;;/h7,10-11,16,19-21,28H,4-6,8-9,12-15,17-18H2,1-3H3;2*1H/t21-;;/m0../s1. The van der Waals surface area contributed by atoms with E-state index < -0.39 is 0 Å². The van der Waals surface area contributed by atoms with Gasteiger partial charge in [-0.3, -0.25) is 4.79 Å². The molecule has 0 bridgehead atoms. The van der Waals surface area contributed by atoms with Gasteiger partial charge in [-0.05, 0) is 57.7 Å². The first-order valence-electron chi connectivity index (χ1n) is 12.8. The number of hydrogen-bond acceptors (Lipinski definition) is 6. The second-order valence-corrected chi connectivity index (χ2v) is 9.77. The second-order valence-electron chi connectivity index (χ2n) is 9.77. The van der Waals surface area contributed by atoms with E-state index in [1.165, 1.54) is 32.1 Å². The normalized spacial score (nSPS) is 17.9. The van der Waals surface area contributed by atoms with Crippen molar-refractivity contribution in [3.05, 3.63) is 30.0 Å². The fourth-order valence-electron chi connectivity index (χ4n) is 5.16. The number of halogens is 2. The van der Waals surface area contributed by atoms with Crippen LogP contribution in [0.3, 0.4) is 0 Å². The molecule has 2 heterocycles. The molecule has 1 atom stereocenters. The van der Waals surface area contributed by atoms with Gasteiger partial charge in [-0.1, -0.05) is 25.3 Å². The van der Waals surface area contributed by atoms with E-state index in [9.17, 15) is 4.79 Å². The van der Waals surface area contributed by atoms with E-state index in [4.69, 9.17) is 19.2 Å². The number of fused-ring (bicyclic) bond motifs is 1. The zero-order valence-corrected chi connectivity index (χ0v) is 23.3. The van der Waals surface area contributed by atoms with Crippen LogP contribution in [0, 0.1) is 5.92 Å². The maximum atomic E-state index is 13.7. The summed E-state index contributed by atoms with van der Waals surface area (Å²) in [7, 11) is 1.65. The molecule has 202 valence electrons. The van der Waals surface area contributed by atoms with Crippen LogP contribution >= 0.6 is 24.8 Å². The van der Waals surface area contributed by atoms with Crippen LogP contribution in [-0.4, -0.2) is 67.9 Å². The molecule has 7 nitrogen and oxygen atoms in total. The van der Waals surface area contributed by atoms with Gasteiger partial charge in [0.1, 0.15) is 29.3 Å². The molecule has 1 saturated heterocycles. The number of benzene rings is 1. The SMILES string of the molecule is COCCOc1cc(C(=O)N(C(C)C)[C@H]2CCNC2)nc2c(OCC3CCCCC3)cccc12.Cl.Cl. The maximum absolute atomic E-state index is 13.7. The molecule has 1 aliphatic carbocycles. The summed E-state index contributed by atoms with van der Waals surface area (Å²) >= 11 is 0. The number of para-hydroxylation sites is 1. The van der Waals surface area contributed by atoms with Gasteiger partial charge in [0.15, 0.2) is 0 Å². The van der Waals surface area contributed by atoms with Gasteiger partial charge in [0, 0.05) is 37.2 Å². The molecule has 1 N–H and O–H groups in total. The Balaban J connectivity index is 0.00000228. The molecule has 1 aromatic carbocycles. The smallest absolute Gasteiger partial charge is 0.273 e. The van der Waals surface area contributed by atoms with Crippen molar-refractivity contribution in [1.82, 2.24) is 15.2 Å². The van der Waals surface area contributed by atoms with E-state index in [-0.39, 0.29) is 42.8 Å². The van der Waals surface area contributed by atoms with Crippen LogP contribution in [0.15, 0.2) is 24.3 Å². The number of hydrogen-bond donors (Lipinski definition) is 1. The minimum Gasteiger partial charge on any atom is -0.491 e. The molecule has 9 heteroatoms. The fraction of sp³-hybridized carbons (Fsp3) is 0.630. The summed E-state index contributed by atoms with van der Waals surface area (Å²) in [6.45, 7) is 7.41. The number of pyridine rings is 1. The fourth-order valence-corrected chi connectivity index (χ4v) is 5.16. The molecular weight excluding hydrogens is 501 g/mol. The highest BCUT2D eigenvalue weighted by Gasteiger charge is 2.31. The van der Waals surface area contributed by atoms with Crippen LogP contribution < -0.4 is 14.8 Å². The summed E-state index contributed by atoms with van der Waals surface area (Å²) in [6.07, 6.45) is 7.25. The maximum Gasteiger partial charge on any atom is 0.273 e. The third-order valence-corrected chi connectivity index (χ3v) is 6.95. The summed E-state index contributed by atoms with van der Waals surface area (Å²) in [5, 5.41) is 4.23. The van der Waals surface area contributed by atoms with Crippen molar-refractivity contribution in [2.75, 3.05) is 40.0 Å². The number of ether oxygens (including phenoxy) is 3. The number of amides is 1. The Morgan fingerprint density at radius 1 is 1.08 bits per heavy atom. The monoisotopic (exact) mass is 541 g/mol. The summed E-state index contributed by atoms with van der Waals surface area (Å²) in [6, 6.07) is 7.92. The van der Waals surface area contributed by atoms with E-state index in [0.717, 1.165) is 24.9 Å². The van der Waals surface area contributed by atoms with Crippen molar-refractivity contribution in [3.8, 4) is 11.5 Å². The van der Waals surface area contributed by atoms with Crippen LogP contribution in [0.2, 0.25) is 0 Å². The molecule has 1 saturated carbocycles. The highest BCUT2D eigenvalue weighted by atomic mass is 35.5. The quantitative estimate of drug-likeness (QED) is 0.412. The number of nitrogens with one attached hydrogen (secondary N) is 1. The van der Waals surface area contributed by atoms with Gasteiger partial charge in [-0.2, -0.15) is 0 Å². The van der Waals surface area contributed by atoms with Gasteiger partial charge >= 0.3 is 0 Å². The Labute approximate surface area is 227 Å². The van der Waals surface area contributed by atoms with Gasteiger partial charge in [0.05, 0.1) is 13.2 Å². The number of aromatic nitrogens is 1. The molecule has 2 aromatic rings. The third kappa shape index (κ3) is 7.37. The Hall–Kier alpha value is -1.80. The van der Waals surface area contributed by atoms with Crippen molar-refractivity contribution in [3.63, 3.8) is 0 Å². The van der Waals surface area contributed by atoms with Crippen molar-refractivity contribution >= 4 is 41.6 Å². The number of methoxy groups -OCH3 is 1. The first kappa shape index (κ1) is 30.4. The Kier molecular flexibility index (Phi) is 12.5. The molecule has 1 aromatic heterocycles. The lowest BCUT2D eigenvalue weighted by atomic mass is 9.90. The lowest BCUT2D eigenvalue weighted by molar-refractivity contribution is 0.0620. The van der Waals surface area contributed by atoms with Crippen LogP contribution in [0.1, 0.15) is 62.9 Å². The van der Waals surface area contributed by atoms with E-state index >= 15 is 0 Å². The number of carbonyl (C=O) groups is 1.